The van der Waals surface area contributed by atoms with Gasteiger partial charge in [-0.1, -0.05) is 25.7 Å². The van der Waals surface area contributed by atoms with Crippen molar-refractivity contribution in [3.05, 3.63) is 0 Å². The maximum Gasteiger partial charge on any atom is 0.338 e. The van der Waals surface area contributed by atoms with Crippen LogP contribution in [0.1, 0.15) is 38.5 Å². The van der Waals surface area contributed by atoms with Crippen molar-refractivity contribution < 1.29 is 19.5 Å². The van der Waals surface area contributed by atoms with Gasteiger partial charge >= 0.3 is 12.0 Å². The number of carbonyl (C=O) groups excluding carboxylic acids is 1. The molecular formula is C10H18N2O4. The molecule has 0 aromatic heterocycles. The fourth-order valence-corrected chi connectivity index (χ4v) is 1.80. The molecule has 0 atom stereocenters. The van der Waals surface area contributed by atoms with Gasteiger partial charge in [0.25, 0.3) is 0 Å². The zero-order chi connectivity index (χ0) is 11.8. The van der Waals surface area contributed by atoms with Crippen LogP contribution >= 0.6 is 0 Å². The minimum Gasteiger partial charge on any atom is -0.479 e. The highest BCUT2D eigenvalue weighted by Crippen LogP contribution is 2.16. The van der Waals surface area contributed by atoms with Gasteiger partial charge in [0, 0.05) is 6.04 Å². The summed E-state index contributed by atoms with van der Waals surface area (Å²) in [6.45, 7) is -0.530. The predicted molar refractivity (Wildman–Crippen MR) is 56.7 cm³/mol. The van der Waals surface area contributed by atoms with E-state index in [9.17, 15) is 9.59 Å². The van der Waals surface area contributed by atoms with Crippen molar-refractivity contribution in [2.75, 3.05) is 6.61 Å². The van der Waals surface area contributed by atoms with E-state index in [1.165, 1.54) is 12.8 Å². The molecule has 0 heterocycles. The molecule has 1 aliphatic carbocycles. The van der Waals surface area contributed by atoms with Crippen LogP contribution in [0.25, 0.3) is 0 Å². The Bertz CT molecular complexity index is 237. The average Bonchev–Trinajstić information content (AvgIpc) is 2.45. The van der Waals surface area contributed by atoms with Crippen molar-refractivity contribution in [1.29, 1.82) is 0 Å². The molecule has 2 amide bonds. The summed E-state index contributed by atoms with van der Waals surface area (Å²) in [7, 11) is 0. The van der Waals surface area contributed by atoms with Crippen LogP contribution in [0, 0.1) is 0 Å². The van der Waals surface area contributed by atoms with Gasteiger partial charge in [-0.05, 0) is 12.8 Å². The van der Waals surface area contributed by atoms with Crippen LogP contribution in [0.2, 0.25) is 0 Å². The normalized spacial score (nSPS) is 17.5. The molecule has 1 saturated carbocycles. The molecule has 92 valence electrons. The zero-order valence-corrected chi connectivity index (χ0v) is 9.20. The summed E-state index contributed by atoms with van der Waals surface area (Å²) in [4.78, 5) is 25.9. The van der Waals surface area contributed by atoms with E-state index < -0.39 is 18.6 Å². The molecule has 1 rings (SSSR count). The highest BCUT2D eigenvalue weighted by molar-refractivity contribution is 5.73. The molecule has 0 radical (unpaired) electrons. The molecular weight excluding hydrogens is 212 g/mol. The van der Waals surface area contributed by atoms with E-state index in [4.69, 9.17) is 5.11 Å². The number of hydrogen-bond donors (Lipinski definition) is 3. The molecule has 1 aliphatic rings. The molecule has 6 nitrogen and oxygen atoms in total. The van der Waals surface area contributed by atoms with E-state index in [1.54, 1.807) is 0 Å². The molecule has 0 saturated heterocycles. The summed E-state index contributed by atoms with van der Waals surface area (Å²) in [5, 5.41) is 11.1. The van der Waals surface area contributed by atoms with Gasteiger partial charge in [0.1, 0.15) is 0 Å². The largest absolute Gasteiger partial charge is 0.479 e. The summed E-state index contributed by atoms with van der Waals surface area (Å²) in [6, 6.07) is -0.288. The first-order valence-electron chi connectivity index (χ1n) is 5.58. The number of amides is 2. The van der Waals surface area contributed by atoms with Gasteiger partial charge in [-0.25, -0.2) is 15.1 Å². The first-order valence-corrected chi connectivity index (χ1v) is 5.58. The lowest BCUT2D eigenvalue weighted by Crippen LogP contribution is -2.42. The summed E-state index contributed by atoms with van der Waals surface area (Å²) < 4.78 is 0. The lowest BCUT2D eigenvalue weighted by atomic mass is 10.1. The number of urea groups is 1. The number of aliphatic carboxylic acids is 1. The van der Waals surface area contributed by atoms with Crippen molar-refractivity contribution in [1.82, 2.24) is 10.8 Å². The summed E-state index contributed by atoms with van der Waals surface area (Å²) in [5.41, 5.74) is 2.05. The van der Waals surface area contributed by atoms with E-state index in [0.29, 0.717) is 0 Å². The molecule has 3 N–H and O–H groups in total. The zero-order valence-electron chi connectivity index (χ0n) is 9.20. The smallest absolute Gasteiger partial charge is 0.338 e. The van der Waals surface area contributed by atoms with E-state index in [2.05, 4.69) is 15.6 Å². The third-order valence-corrected chi connectivity index (χ3v) is 2.55. The van der Waals surface area contributed by atoms with Crippen LogP contribution in [0.3, 0.4) is 0 Å². The van der Waals surface area contributed by atoms with Gasteiger partial charge in [-0.3, -0.25) is 4.84 Å². The lowest BCUT2D eigenvalue weighted by Gasteiger charge is -2.16. The quantitative estimate of drug-likeness (QED) is 0.497. The molecule has 1 fully saturated rings. The SMILES string of the molecule is O=C(O)CONC(=O)NC1CCCCCC1. The minimum atomic E-state index is -1.12. The summed E-state index contributed by atoms with van der Waals surface area (Å²) in [6.07, 6.45) is 6.64. The maximum absolute atomic E-state index is 11.3. The summed E-state index contributed by atoms with van der Waals surface area (Å²) >= 11 is 0. The van der Waals surface area contributed by atoms with E-state index in [1.807, 2.05) is 0 Å². The first-order chi connectivity index (χ1) is 7.68. The second-order valence-corrected chi connectivity index (χ2v) is 3.95. The number of carboxylic acid groups (broad SMARTS) is 1. The Hall–Kier alpha value is -1.30. The van der Waals surface area contributed by atoms with Gasteiger partial charge in [0.2, 0.25) is 0 Å². The van der Waals surface area contributed by atoms with Crippen LogP contribution in [-0.4, -0.2) is 29.8 Å². The van der Waals surface area contributed by atoms with Gasteiger partial charge in [0.05, 0.1) is 0 Å². The van der Waals surface area contributed by atoms with Crippen LogP contribution in [0.4, 0.5) is 4.79 Å². The van der Waals surface area contributed by atoms with Crippen molar-refractivity contribution in [3.63, 3.8) is 0 Å². The average molecular weight is 230 g/mol. The highest BCUT2D eigenvalue weighted by atomic mass is 16.7. The standard InChI is InChI=1S/C10H18N2O4/c13-9(14)7-16-12-10(15)11-8-5-3-1-2-4-6-8/h8H,1-7H2,(H,13,14)(H2,11,12,15). The molecule has 6 heteroatoms. The number of carboxylic acids is 1. The Morgan fingerprint density at radius 1 is 1.19 bits per heavy atom. The number of nitrogens with one attached hydrogen (secondary N) is 2. The predicted octanol–water partition coefficient (Wildman–Crippen LogP) is 1.02. The fourth-order valence-electron chi connectivity index (χ4n) is 1.80. The van der Waals surface area contributed by atoms with Crippen molar-refractivity contribution in [2.45, 2.75) is 44.6 Å². The second-order valence-electron chi connectivity index (χ2n) is 3.95. The van der Waals surface area contributed by atoms with E-state index in [0.717, 1.165) is 25.7 Å². The van der Waals surface area contributed by atoms with Gasteiger partial charge < -0.3 is 10.4 Å². The lowest BCUT2D eigenvalue weighted by molar-refractivity contribution is -0.144. The molecule has 0 spiro atoms. The first kappa shape index (κ1) is 12.8. The van der Waals surface area contributed by atoms with Crippen molar-refractivity contribution in [3.8, 4) is 0 Å². The van der Waals surface area contributed by atoms with Gasteiger partial charge in [0.15, 0.2) is 6.61 Å². The second kappa shape index (κ2) is 7.05. The topological polar surface area (TPSA) is 87.7 Å². The molecule has 0 unspecified atom stereocenters. The number of hydroxylamine groups is 1. The Labute approximate surface area is 94.3 Å². The Morgan fingerprint density at radius 3 is 2.38 bits per heavy atom. The maximum atomic E-state index is 11.3. The van der Waals surface area contributed by atoms with Crippen molar-refractivity contribution in [2.24, 2.45) is 0 Å². The van der Waals surface area contributed by atoms with Crippen LogP contribution in [-0.2, 0) is 9.63 Å². The van der Waals surface area contributed by atoms with Crippen LogP contribution in [0.15, 0.2) is 0 Å². The van der Waals surface area contributed by atoms with E-state index in [-0.39, 0.29) is 6.04 Å². The van der Waals surface area contributed by atoms with Crippen molar-refractivity contribution >= 4 is 12.0 Å². The molecule has 0 aliphatic heterocycles. The Kier molecular flexibility index (Phi) is 5.63. The monoisotopic (exact) mass is 230 g/mol. The molecule has 0 bridgehead atoms. The highest BCUT2D eigenvalue weighted by Gasteiger charge is 2.14. The number of hydrogen-bond acceptors (Lipinski definition) is 3. The van der Waals surface area contributed by atoms with Gasteiger partial charge in [-0.15, -0.1) is 0 Å². The number of carbonyl (C=O) groups is 2. The Balaban J connectivity index is 2.14. The molecule has 0 aromatic rings. The molecule has 16 heavy (non-hydrogen) atoms. The molecule has 0 aromatic carbocycles. The Morgan fingerprint density at radius 2 is 1.81 bits per heavy atom. The number of rotatable bonds is 4. The minimum absolute atomic E-state index is 0.177. The van der Waals surface area contributed by atoms with Crippen LogP contribution in [0.5, 0.6) is 0 Å². The third-order valence-electron chi connectivity index (χ3n) is 2.55. The van der Waals surface area contributed by atoms with E-state index >= 15 is 0 Å². The fraction of sp³-hybridized carbons (Fsp3) is 0.800. The third kappa shape index (κ3) is 5.55. The summed E-state index contributed by atoms with van der Waals surface area (Å²) in [5.74, 6) is -1.12. The van der Waals surface area contributed by atoms with Gasteiger partial charge in [-0.2, -0.15) is 0 Å². The van der Waals surface area contributed by atoms with Crippen LogP contribution < -0.4 is 10.8 Å².